The van der Waals surface area contributed by atoms with Crippen LogP contribution in [-0.2, 0) is 0 Å². The molecule has 9 nitrogen and oxygen atoms in total. The minimum absolute atomic E-state index is 0.0819. The molecule has 0 radical (unpaired) electrons. The van der Waals surface area contributed by atoms with Gasteiger partial charge in [0.2, 0.25) is 0 Å². The van der Waals surface area contributed by atoms with Gasteiger partial charge in [-0.25, -0.2) is 0 Å². The third-order valence-electron chi connectivity index (χ3n) is 6.20. The van der Waals surface area contributed by atoms with Crippen LogP contribution in [0.3, 0.4) is 0 Å². The van der Waals surface area contributed by atoms with E-state index in [9.17, 15) is 9.59 Å². The van der Waals surface area contributed by atoms with Gasteiger partial charge in [-0.05, 0) is 31.3 Å². The number of piperazine rings is 2. The van der Waals surface area contributed by atoms with Crippen LogP contribution in [0.1, 0.15) is 10.6 Å². The van der Waals surface area contributed by atoms with E-state index in [1.165, 1.54) is 6.07 Å². The van der Waals surface area contributed by atoms with Crippen LogP contribution in [-0.4, -0.2) is 85.3 Å². The normalized spacial score (nSPS) is 17.7. The minimum Gasteiger partial charge on any atom is -0.451 e. The number of hydrogen-bond acceptors (Lipinski definition) is 8. The molecule has 1 amide bonds. The third kappa shape index (κ3) is 4.03. The molecular weight excluding hydrogens is 408 g/mol. The van der Waals surface area contributed by atoms with Crippen LogP contribution in [0.15, 0.2) is 51.7 Å². The molecule has 0 atom stereocenters. The van der Waals surface area contributed by atoms with Crippen molar-refractivity contribution >= 4 is 28.5 Å². The monoisotopic (exact) mass is 434 g/mol. The molecule has 0 N–H and O–H groups in total. The van der Waals surface area contributed by atoms with Gasteiger partial charge in [0, 0.05) is 58.4 Å². The molecule has 166 valence electrons. The van der Waals surface area contributed by atoms with Gasteiger partial charge in [0.15, 0.2) is 22.8 Å². The third-order valence-corrected chi connectivity index (χ3v) is 6.20. The van der Waals surface area contributed by atoms with Gasteiger partial charge < -0.3 is 24.0 Å². The van der Waals surface area contributed by atoms with E-state index in [1.54, 1.807) is 29.2 Å². The molecule has 0 spiro atoms. The van der Waals surface area contributed by atoms with Crippen LogP contribution in [0.2, 0.25) is 0 Å². The summed E-state index contributed by atoms with van der Waals surface area (Å²) < 4.78 is 5.71. The Balaban J connectivity index is 1.22. The SMILES string of the molecule is CN1CCN(c2ccc(N3CCN(C(=O)c4cc(=O)c5ccccc5o4)CC3)nn2)CC1. The fraction of sp³-hybridized carbons (Fsp3) is 0.391. The van der Waals surface area contributed by atoms with E-state index in [4.69, 9.17) is 4.42 Å². The highest BCUT2D eigenvalue weighted by molar-refractivity contribution is 5.93. The van der Waals surface area contributed by atoms with Gasteiger partial charge in [-0.2, -0.15) is 0 Å². The maximum absolute atomic E-state index is 12.9. The lowest BCUT2D eigenvalue weighted by Crippen LogP contribution is -2.49. The summed E-state index contributed by atoms with van der Waals surface area (Å²) in [5.74, 6) is 1.54. The Labute approximate surface area is 185 Å². The maximum Gasteiger partial charge on any atom is 0.289 e. The number of likely N-dealkylation sites (N-methyl/N-ethyl adjacent to an activating group) is 1. The number of carbonyl (C=O) groups excluding carboxylic acids is 1. The zero-order chi connectivity index (χ0) is 22.1. The first-order valence-corrected chi connectivity index (χ1v) is 10.9. The van der Waals surface area contributed by atoms with Gasteiger partial charge in [-0.3, -0.25) is 9.59 Å². The van der Waals surface area contributed by atoms with E-state index in [-0.39, 0.29) is 17.1 Å². The summed E-state index contributed by atoms with van der Waals surface area (Å²) in [6, 6.07) is 12.3. The molecule has 2 aromatic heterocycles. The molecule has 0 aliphatic carbocycles. The average Bonchev–Trinajstić information content (AvgIpc) is 2.84. The van der Waals surface area contributed by atoms with Crippen molar-refractivity contribution in [1.82, 2.24) is 20.0 Å². The van der Waals surface area contributed by atoms with Gasteiger partial charge in [-0.1, -0.05) is 12.1 Å². The van der Waals surface area contributed by atoms with Crippen LogP contribution >= 0.6 is 0 Å². The van der Waals surface area contributed by atoms with Crippen LogP contribution in [0, 0.1) is 0 Å². The Morgan fingerprint density at radius 3 is 2.06 bits per heavy atom. The molecule has 0 unspecified atom stereocenters. The minimum atomic E-state index is -0.260. The van der Waals surface area contributed by atoms with E-state index in [0.717, 1.165) is 37.8 Å². The molecule has 2 aliphatic heterocycles. The highest BCUT2D eigenvalue weighted by Crippen LogP contribution is 2.19. The molecule has 2 saturated heterocycles. The quantitative estimate of drug-likeness (QED) is 0.610. The fourth-order valence-corrected chi connectivity index (χ4v) is 4.19. The molecule has 0 saturated carbocycles. The highest BCUT2D eigenvalue weighted by Gasteiger charge is 2.25. The first kappa shape index (κ1) is 20.4. The standard InChI is InChI=1S/C23H26N6O3/c1-26-8-10-27(11-9-26)21-6-7-22(25-24-21)28-12-14-29(15-13-28)23(31)20-16-18(30)17-4-2-3-5-19(17)32-20/h2-7,16H,8-15H2,1H3. The molecule has 3 aromatic rings. The van der Waals surface area contributed by atoms with Crippen molar-refractivity contribution in [3.8, 4) is 0 Å². The lowest BCUT2D eigenvalue weighted by Gasteiger charge is -2.35. The van der Waals surface area contributed by atoms with Gasteiger partial charge in [0.05, 0.1) is 5.39 Å². The van der Waals surface area contributed by atoms with Crippen molar-refractivity contribution in [2.24, 2.45) is 0 Å². The Hall–Kier alpha value is -3.46. The number of fused-ring (bicyclic) bond motifs is 1. The molecule has 1 aromatic carbocycles. The Morgan fingerprint density at radius 1 is 0.844 bits per heavy atom. The van der Waals surface area contributed by atoms with Crippen LogP contribution in [0.25, 0.3) is 11.0 Å². The molecule has 4 heterocycles. The zero-order valence-corrected chi connectivity index (χ0v) is 18.1. The molecular formula is C23H26N6O3. The maximum atomic E-state index is 12.9. The zero-order valence-electron chi connectivity index (χ0n) is 18.1. The van der Waals surface area contributed by atoms with E-state index in [0.29, 0.717) is 37.1 Å². The van der Waals surface area contributed by atoms with Gasteiger partial charge >= 0.3 is 0 Å². The average molecular weight is 435 g/mol. The fourth-order valence-electron chi connectivity index (χ4n) is 4.19. The summed E-state index contributed by atoms with van der Waals surface area (Å²) >= 11 is 0. The van der Waals surface area contributed by atoms with Crippen molar-refractivity contribution in [3.05, 3.63) is 58.4 Å². The first-order chi connectivity index (χ1) is 15.6. The summed E-state index contributed by atoms with van der Waals surface area (Å²) in [6.07, 6.45) is 0. The summed E-state index contributed by atoms with van der Waals surface area (Å²) in [4.78, 5) is 33.6. The topological polar surface area (TPSA) is 86.0 Å². The number of aromatic nitrogens is 2. The summed E-state index contributed by atoms with van der Waals surface area (Å²) in [5, 5.41) is 9.34. The van der Waals surface area contributed by atoms with Crippen molar-refractivity contribution < 1.29 is 9.21 Å². The predicted molar refractivity (Wildman–Crippen MR) is 122 cm³/mol. The Bertz CT molecular complexity index is 1160. The number of rotatable bonds is 3. The van der Waals surface area contributed by atoms with E-state index < -0.39 is 0 Å². The van der Waals surface area contributed by atoms with Crippen molar-refractivity contribution in [1.29, 1.82) is 0 Å². The Kier molecular flexibility index (Phi) is 5.48. The second-order valence-electron chi connectivity index (χ2n) is 8.29. The number of carbonyl (C=O) groups is 1. The highest BCUT2D eigenvalue weighted by atomic mass is 16.3. The van der Waals surface area contributed by atoms with Crippen molar-refractivity contribution in [3.63, 3.8) is 0 Å². The number of nitrogens with zero attached hydrogens (tertiary/aromatic N) is 6. The Morgan fingerprint density at radius 2 is 1.44 bits per heavy atom. The number of amides is 1. The van der Waals surface area contributed by atoms with Crippen molar-refractivity contribution in [2.45, 2.75) is 0 Å². The van der Waals surface area contributed by atoms with Crippen LogP contribution < -0.4 is 15.2 Å². The summed E-state index contributed by atoms with van der Waals surface area (Å²) in [6.45, 7) is 6.30. The molecule has 2 aliphatic rings. The molecule has 32 heavy (non-hydrogen) atoms. The van der Waals surface area contributed by atoms with E-state index in [1.807, 2.05) is 12.1 Å². The van der Waals surface area contributed by atoms with Crippen molar-refractivity contribution in [2.75, 3.05) is 69.2 Å². The lowest BCUT2D eigenvalue weighted by atomic mass is 10.2. The smallest absolute Gasteiger partial charge is 0.289 e. The summed E-state index contributed by atoms with van der Waals surface area (Å²) in [5.41, 5.74) is 0.224. The predicted octanol–water partition coefficient (Wildman–Crippen LogP) is 1.30. The number of anilines is 2. The summed E-state index contributed by atoms with van der Waals surface area (Å²) in [7, 11) is 2.13. The second kappa shape index (κ2) is 8.58. The van der Waals surface area contributed by atoms with Gasteiger partial charge in [0.25, 0.3) is 5.91 Å². The van der Waals surface area contributed by atoms with Gasteiger partial charge in [0.1, 0.15) is 5.58 Å². The van der Waals surface area contributed by atoms with Gasteiger partial charge in [-0.15, -0.1) is 10.2 Å². The largest absolute Gasteiger partial charge is 0.451 e. The first-order valence-electron chi connectivity index (χ1n) is 10.9. The van der Waals surface area contributed by atoms with Crippen LogP contribution in [0.4, 0.5) is 11.6 Å². The van der Waals surface area contributed by atoms with E-state index in [2.05, 4.69) is 31.9 Å². The second-order valence-corrected chi connectivity index (χ2v) is 8.29. The molecule has 0 bridgehead atoms. The van der Waals surface area contributed by atoms with E-state index >= 15 is 0 Å². The number of para-hydroxylation sites is 1. The molecule has 2 fully saturated rings. The number of hydrogen-bond donors (Lipinski definition) is 0. The molecule has 5 rings (SSSR count). The molecule has 9 heteroatoms. The lowest BCUT2D eigenvalue weighted by molar-refractivity contribution is 0.0715. The number of benzene rings is 1. The van der Waals surface area contributed by atoms with Crippen LogP contribution in [0.5, 0.6) is 0 Å².